The molecule has 0 aliphatic rings. The summed E-state index contributed by atoms with van der Waals surface area (Å²) in [5.41, 5.74) is 13.3. The molecule has 1 amide bonds. The first-order valence-corrected chi connectivity index (χ1v) is 10.9. The Kier molecular flexibility index (Phi) is 8.06. The Hall–Kier alpha value is -3.83. The normalized spacial score (nSPS) is 11.5. The predicted octanol–water partition coefficient (Wildman–Crippen LogP) is 5.30. The Morgan fingerprint density at radius 2 is 1.70 bits per heavy atom. The maximum Gasteiger partial charge on any atom is 0.255 e. The summed E-state index contributed by atoms with van der Waals surface area (Å²) in [6.45, 7) is 7.41. The Labute approximate surface area is 196 Å². The quantitative estimate of drug-likeness (QED) is 0.312. The number of hydrogen-bond acceptors (Lipinski definition) is 4. The van der Waals surface area contributed by atoms with Crippen LogP contribution in [0.4, 0.5) is 11.4 Å². The van der Waals surface area contributed by atoms with Gasteiger partial charge in [0, 0.05) is 38.4 Å². The van der Waals surface area contributed by atoms with Gasteiger partial charge in [-0.25, -0.2) is 0 Å². The van der Waals surface area contributed by atoms with Gasteiger partial charge in [-0.15, -0.1) is 0 Å². The SMILES string of the molecule is C=C/C(CNCc1ccc(C(=O)Nc2cc(-c3ccccc3)ccc2N)cc1)=C(/C)N(C)C. The van der Waals surface area contributed by atoms with Crippen molar-refractivity contribution in [2.75, 3.05) is 31.7 Å². The van der Waals surface area contributed by atoms with E-state index in [-0.39, 0.29) is 5.91 Å². The molecule has 0 aromatic heterocycles. The van der Waals surface area contributed by atoms with Crippen molar-refractivity contribution in [1.82, 2.24) is 10.2 Å². The molecule has 0 heterocycles. The number of hydrogen-bond donors (Lipinski definition) is 3. The van der Waals surface area contributed by atoms with Gasteiger partial charge in [0.2, 0.25) is 0 Å². The van der Waals surface area contributed by atoms with E-state index in [2.05, 4.69) is 29.0 Å². The zero-order valence-corrected chi connectivity index (χ0v) is 19.6. The molecule has 170 valence electrons. The summed E-state index contributed by atoms with van der Waals surface area (Å²) >= 11 is 0. The van der Waals surface area contributed by atoms with E-state index in [9.17, 15) is 4.79 Å². The molecule has 0 saturated heterocycles. The number of carbonyl (C=O) groups excluding carboxylic acids is 1. The predicted molar refractivity (Wildman–Crippen MR) is 139 cm³/mol. The molecule has 5 nitrogen and oxygen atoms in total. The van der Waals surface area contributed by atoms with Crippen molar-refractivity contribution >= 4 is 17.3 Å². The Bertz CT molecular complexity index is 1130. The average molecular weight is 441 g/mol. The van der Waals surface area contributed by atoms with Crippen LogP contribution in [0, 0.1) is 0 Å². The molecule has 33 heavy (non-hydrogen) atoms. The van der Waals surface area contributed by atoms with Crippen molar-refractivity contribution in [1.29, 1.82) is 0 Å². The van der Waals surface area contributed by atoms with Crippen LogP contribution >= 0.6 is 0 Å². The molecule has 0 spiro atoms. The molecule has 0 radical (unpaired) electrons. The highest BCUT2D eigenvalue weighted by Crippen LogP contribution is 2.27. The highest BCUT2D eigenvalue weighted by molar-refractivity contribution is 6.06. The second kappa shape index (κ2) is 11.2. The Morgan fingerprint density at radius 1 is 1.00 bits per heavy atom. The molecule has 3 aromatic carbocycles. The van der Waals surface area contributed by atoms with Crippen LogP contribution in [0.3, 0.4) is 0 Å². The fourth-order valence-corrected chi connectivity index (χ4v) is 3.42. The van der Waals surface area contributed by atoms with Crippen LogP contribution in [0.1, 0.15) is 22.8 Å². The van der Waals surface area contributed by atoms with Gasteiger partial charge >= 0.3 is 0 Å². The number of nitrogens with one attached hydrogen (secondary N) is 2. The van der Waals surface area contributed by atoms with E-state index < -0.39 is 0 Å². The maximum atomic E-state index is 12.8. The summed E-state index contributed by atoms with van der Waals surface area (Å²) in [4.78, 5) is 14.9. The molecule has 4 N–H and O–H groups in total. The average Bonchev–Trinajstić information content (AvgIpc) is 2.83. The zero-order chi connectivity index (χ0) is 23.8. The number of amides is 1. The molecule has 0 unspecified atom stereocenters. The molecule has 5 heteroatoms. The third-order valence-electron chi connectivity index (χ3n) is 5.65. The second-order valence-corrected chi connectivity index (χ2v) is 8.13. The van der Waals surface area contributed by atoms with Crippen LogP contribution in [0.15, 0.2) is 96.7 Å². The first-order valence-electron chi connectivity index (χ1n) is 10.9. The number of anilines is 2. The van der Waals surface area contributed by atoms with E-state index in [1.807, 2.05) is 93.0 Å². The van der Waals surface area contributed by atoms with Crippen LogP contribution in [-0.4, -0.2) is 31.4 Å². The van der Waals surface area contributed by atoms with E-state index >= 15 is 0 Å². The number of allylic oxidation sites excluding steroid dienone is 1. The maximum absolute atomic E-state index is 12.8. The largest absolute Gasteiger partial charge is 0.397 e. The summed E-state index contributed by atoms with van der Waals surface area (Å²) in [6.07, 6.45) is 1.88. The summed E-state index contributed by atoms with van der Waals surface area (Å²) < 4.78 is 0. The fraction of sp³-hybridized carbons (Fsp3) is 0.179. The Balaban J connectivity index is 1.63. The van der Waals surface area contributed by atoms with Crippen molar-refractivity contribution in [3.63, 3.8) is 0 Å². The lowest BCUT2D eigenvalue weighted by Gasteiger charge is -2.17. The van der Waals surface area contributed by atoms with Gasteiger partial charge < -0.3 is 21.3 Å². The molecule has 0 bridgehead atoms. The minimum Gasteiger partial charge on any atom is -0.397 e. The van der Waals surface area contributed by atoms with Gasteiger partial charge in [-0.05, 0) is 53.5 Å². The molecule has 3 rings (SSSR count). The van der Waals surface area contributed by atoms with Gasteiger partial charge in [0.15, 0.2) is 0 Å². The second-order valence-electron chi connectivity index (χ2n) is 8.13. The van der Waals surface area contributed by atoms with Gasteiger partial charge in [-0.2, -0.15) is 0 Å². The van der Waals surface area contributed by atoms with Crippen LogP contribution < -0.4 is 16.4 Å². The van der Waals surface area contributed by atoms with Crippen molar-refractivity contribution in [3.05, 3.63) is 108 Å². The lowest BCUT2D eigenvalue weighted by atomic mass is 10.0. The fourth-order valence-electron chi connectivity index (χ4n) is 3.42. The summed E-state index contributed by atoms with van der Waals surface area (Å²) in [5.74, 6) is -0.190. The first kappa shape index (κ1) is 23.8. The van der Waals surface area contributed by atoms with Crippen LogP contribution in [0.2, 0.25) is 0 Å². The molecular formula is C28H32N4O. The zero-order valence-electron chi connectivity index (χ0n) is 19.6. The summed E-state index contributed by atoms with van der Waals surface area (Å²) in [5, 5.41) is 6.38. The molecule has 0 atom stereocenters. The Morgan fingerprint density at radius 3 is 2.33 bits per heavy atom. The lowest BCUT2D eigenvalue weighted by Crippen LogP contribution is -2.20. The van der Waals surface area contributed by atoms with Gasteiger partial charge in [-0.1, -0.05) is 61.2 Å². The number of nitrogen functional groups attached to an aromatic ring is 1. The van der Waals surface area contributed by atoms with Crippen molar-refractivity contribution < 1.29 is 4.79 Å². The van der Waals surface area contributed by atoms with E-state index in [1.54, 1.807) is 0 Å². The number of rotatable bonds is 9. The van der Waals surface area contributed by atoms with E-state index in [4.69, 9.17) is 5.73 Å². The molecule has 0 aliphatic carbocycles. The molecular weight excluding hydrogens is 408 g/mol. The summed E-state index contributed by atoms with van der Waals surface area (Å²) in [7, 11) is 4.04. The van der Waals surface area contributed by atoms with Gasteiger partial charge in [-0.3, -0.25) is 4.79 Å². The standard InChI is InChI=1S/C28H32N4O/c1-5-22(20(2)32(3)4)19-30-18-21-11-13-24(14-12-21)28(33)31-27-17-25(15-16-26(27)29)23-9-7-6-8-10-23/h5-17,30H,1,18-19,29H2,2-4H3,(H,31,33)/b22-20+. The van der Waals surface area contributed by atoms with Gasteiger partial charge in [0.25, 0.3) is 5.91 Å². The van der Waals surface area contributed by atoms with Crippen molar-refractivity contribution in [2.45, 2.75) is 13.5 Å². The number of nitrogens with zero attached hydrogens (tertiary/aromatic N) is 1. The van der Waals surface area contributed by atoms with E-state index in [0.29, 0.717) is 23.5 Å². The van der Waals surface area contributed by atoms with Crippen molar-refractivity contribution in [2.24, 2.45) is 0 Å². The lowest BCUT2D eigenvalue weighted by molar-refractivity contribution is 0.102. The minimum atomic E-state index is -0.190. The number of carbonyl (C=O) groups is 1. The van der Waals surface area contributed by atoms with Crippen LogP contribution in [-0.2, 0) is 6.54 Å². The monoisotopic (exact) mass is 440 g/mol. The molecule has 0 aliphatic heterocycles. The van der Waals surface area contributed by atoms with E-state index in [1.165, 1.54) is 5.70 Å². The number of benzene rings is 3. The molecule has 3 aromatic rings. The first-order chi connectivity index (χ1) is 15.9. The third-order valence-corrected chi connectivity index (χ3v) is 5.65. The third kappa shape index (κ3) is 6.34. The van der Waals surface area contributed by atoms with E-state index in [0.717, 1.165) is 28.8 Å². The summed E-state index contributed by atoms with van der Waals surface area (Å²) in [6, 6.07) is 23.3. The topological polar surface area (TPSA) is 70.4 Å². The highest BCUT2D eigenvalue weighted by atomic mass is 16.1. The smallest absolute Gasteiger partial charge is 0.255 e. The van der Waals surface area contributed by atoms with Gasteiger partial charge in [0.05, 0.1) is 11.4 Å². The molecule has 0 saturated carbocycles. The van der Waals surface area contributed by atoms with Crippen LogP contribution in [0.5, 0.6) is 0 Å². The van der Waals surface area contributed by atoms with Crippen LogP contribution in [0.25, 0.3) is 11.1 Å². The van der Waals surface area contributed by atoms with Crippen molar-refractivity contribution in [3.8, 4) is 11.1 Å². The van der Waals surface area contributed by atoms with Gasteiger partial charge in [0.1, 0.15) is 0 Å². The highest BCUT2D eigenvalue weighted by Gasteiger charge is 2.10. The molecule has 0 fully saturated rings. The number of nitrogens with two attached hydrogens (primary N) is 1. The minimum absolute atomic E-state index is 0.190.